The number of carbonyl (C=O) groups is 1. The monoisotopic (exact) mass is 433 g/mol. The molecule has 2 aliphatic rings. The third kappa shape index (κ3) is 2.49. The van der Waals surface area contributed by atoms with Gasteiger partial charge >= 0.3 is 0 Å². The van der Waals surface area contributed by atoms with E-state index in [4.69, 9.17) is 0 Å². The van der Waals surface area contributed by atoms with Crippen LogP contribution in [0.5, 0.6) is 0 Å². The third-order valence-corrected chi connectivity index (χ3v) is 7.68. The van der Waals surface area contributed by atoms with Crippen molar-refractivity contribution in [1.82, 2.24) is 5.43 Å². The average Bonchev–Trinajstić information content (AvgIpc) is 3.14. The molecule has 2 atom stereocenters. The van der Waals surface area contributed by atoms with Gasteiger partial charge in [-0.25, -0.2) is 0 Å². The summed E-state index contributed by atoms with van der Waals surface area (Å²) < 4.78 is 0. The molecule has 0 unspecified atom stereocenters. The average molecular weight is 434 g/mol. The quantitative estimate of drug-likeness (QED) is 0.403. The number of amides is 1. The van der Waals surface area contributed by atoms with Crippen molar-refractivity contribution in [2.75, 3.05) is 10.3 Å². The molecule has 4 aromatic rings. The van der Waals surface area contributed by atoms with E-state index in [2.05, 4.69) is 92.0 Å². The summed E-state index contributed by atoms with van der Waals surface area (Å²) in [5.41, 5.74) is 10.1. The van der Waals surface area contributed by atoms with Crippen molar-refractivity contribution < 1.29 is 4.79 Å². The zero-order valence-electron chi connectivity index (χ0n) is 19.4. The first-order valence-corrected chi connectivity index (χ1v) is 11.4. The first-order chi connectivity index (χ1) is 15.8. The van der Waals surface area contributed by atoms with Gasteiger partial charge in [-0.05, 0) is 85.0 Å². The van der Waals surface area contributed by atoms with E-state index >= 15 is 0 Å². The van der Waals surface area contributed by atoms with Crippen LogP contribution < -0.4 is 15.8 Å². The SMILES string of the molecule is Cc1cc(C)c2c(c1)N[C@]1(C)N(NC(=O)c3ccccc3)c3ccc4ccccc4c3[C@]21C. The number of rotatable bonds is 2. The molecule has 4 heteroatoms. The molecule has 6 rings (SSSR count). The molecule has 2 heterocycles. The Bertz CT molecular complexity index is 1440. The molecule has 33 heavy (non-hydrogen) atoms. The lowest BCUT2D eigenvalue weighted by Crippen LogP contribution is -2.62. The highest BCUT2D eigenvalue weighted by molar-refractivity contribution is 6.00. The molecule has 0 aromatic heterocycles. The van der Waals surface area contributed by atoms with E-state index in [1.54, 1.807) is 0 Å². The minimum Gasteiger partial charge on any atom is -0.360 e. The van der Waals surface area contributed by atoms with Crippen molar-refractivity contribution in [2.24, 2.45) is 0 Å². The first-order valence-electron chi connectivity index (χ1n) is 11.4. The molecule has 0 spiro atoms. The molecule has 0 fully saturated rings. The zero-order valence-corrected chi connectivity index (χ0v) is 19.4. The molecule has 164 valence electrons. The van der Waals surface area contributed by atoms with Crippen LogP contribution in [0.3, 0.4) is 0 Å². The number of carbonyl (C=O) groups excluding carboxylic acids is 1. The van der Waals surface area contributed by atoms with Gasteiger partial charge in [0.25, 0.3) is 5.91 Å². The lowest BCUT2D eigenvalue weighted by atomic mass is 9.69. The Morgan fingerprint density at radius 3 is 2.39 bits per heavy atom. The van der Waals surface area contributed by atoms with E-state index in [1.807, 2.05) is 30.3 Å². The van der Waals surface area contributed by atoms with Crippen molar-refractivity contribution in [2.45, 2.75) is 38.8 Å². The fraction of sp³-hybridized carbons (Fsp3) is 0.207. The number of fused-ring (bicyclic) bond motifs is 7. The molecular weight excluding hydrogens is 406 g/mol. The highest BCUT2D eigenvalue weighted by Crippen LogP contribution is 2.62. The summed E-state index contributed by atoms with van der Waals surface area (Å²) in [7, 11) is 0. The molecule has 4 nitrogen and oxygen atoms in total. The van der Waals surface area contributed by atoms with Crippen LogP contribution >= 0.6 is 0 Å². The topological polar surface area (TPSA) is 44.4 Å². The van der Waals surface area contributed by atoms with Crippen LogP contribution in [0, 0.1) is 13.8 Å². The van der Waals surface area contributed by atoms with E-state index in [-0.39, 0.29) is 11.3 Å². The van der Waals surface area contributed by atoms with Crippen LogP contribution in [-0.2, 0) is 5.41 Å². The van der Waals surface area contributed by atoms with Gasteiger partial charge in [0.15, 0.2) is 0 Å². The molecule has 2 aliphatic heterocycles. The number of hydrazine groups is 1. The molecule has 0 bridgehead atoms. The van der Waals surface area contributed by atoms with Crippen molar-refractivity contribution >= 4 is 28.1 Å². The molecular formula is C29H27N3O. The molecule has 4 aromatic carbocycles. The molecule has 0 radical (unpaired) electrons. The summed E-state index contributed by atoms with van der Waals surface area (Å²) >= 11 is 0. The van der Waals surface area contributed by atoms with Gasteiger partial charge in [0.05, 0.1) is 11.1 Å². The van der Waals surface area contributed by atoms with Crippen LogP contribution in [0.1, 0.15) is 46.5 Å². The van der Waals surface area contributed by atoms with Crippen molar-refractivity contribution in [3.05, 3.63) is 107 Å². The van der Waals surface area contributed by atoms with Gasteiger partial charge in [0.2, 0.25) is 0 Å². The fourth-order valence-electron chi connectivity index (χ4n) is 6.15. The number of nitrogens with one attached hydrogen (secondary N) is 2. The second kappa shape index (κ2) is 6.61. The summed E-state index contributed by atoms with van der Waals surface area (Å²) in [5.74, 6) is -0.120. The van der Waals surface area contributed by atoms with E-state index in [0.717, 1.165) is 11.4 Å². The Morgan fingerprint density at radius 2 is 1.61 bits per heavy atom. The summed E-state index contributed by atoms with van der Waals surface area (Å²) in [6, 6.07) is 26.7. The molecule has 1 amide bonds. The van der Waals surface area contributed by atoms with Crippen LogP contribution in [0.2, 0.25) is 0 Å². The Labute approximate surface area is 194 Å². The fourth-order valence-corrected chi connectivity index (χ4v) is 6.15. The van der Waals surface area contributed by atoms with E-state index in [9.17, 15) is 4.79 Å². The second-order valence-corrected chi connectivity index (χ2v) is 9.65. The highest BCUT2D eigenvalue weighted by Gasteiger charge is 2.63. The van der Waals surface area contributed by atoms with Crippen LogP contribution in [0.25, 0.3) is 10.8 Å². The van der Waals surface area contributed by atoms with Gasteiger partial charge in [-0.2, -0.15) is 0 Å². The standard InChI is InChI=1S/C29H27N3O/c1-18-16-19(2)25-23(17-18)30-29(4)28(25,3)26-22-13-9-8-10-20(22)14-15-24(26)32(29)31-27(33)21-11-6-5-7-12-21/h5-17,30H,1-4H3,(H,31,33)/t28-,29+/m0/s1. The maximum Gasteiger partial charge on any atom is 0.269 e. The van der Waals surface area contributed by atoms with E-state index < -0.39 is 5.66 Å². The number of benzene rings is 4. The summed E-state index contributed by atoms with van der Waals surface area (Å²) in [6.45, 7) is 8.84. The summed E-state index contributed by atoms with van der Waals surface area (Å²) in [5, 5.41) is 8.30. The van der Waals surface area contributed by atoms with Crippen molar-refractivity contribution in [3.8, 4) is 0 Å². The maximum atomic E-state index is 13.3. The highest BCUT2D eigenvalue weighted by atomic mass is 16.2. The largest absolute Gasteiger partial charge is 0.360 e. The van der Waals surface area contributed by atoms with Gasteiger partial charge in [-0.15, -0.1) is 0 Å². The van der Waals surface area contributed by atoms with Gasteiger partial charge in [-0.3, -0.25) is 15.2 Å². The predicted molar refractivity (Wildman–Crippen MR) is 135 cm³/mol. The van der Waals surface area contributed by atoms with E-state index in [0.29, 0.717) is 5.56 Å². The smallest absolute Gasteiger partial charge is 0.269 e. The predicted octanol–water partition coefficient (Wildman–Crippen LogP) is 6.07. The molecule has 0 saturated carbocycles. The Morgan fingerprint density at radius 1 is 0.879 bits per heavy atom. The minimum absolute atomic E-state index is 0.120. The Kier molecular flexibility index (Phi) is 3.98. The van der Waals surface area contributed by atoms with Crippen LogP contribution in [-0.4, -0.2) is 11.6 Å². The first kappa shape index (κ1) is 19.9. The number of aryl methyl sites for hydroxylation is 2. The number of hydrogen-bond donors (Lipinski definition) is 2. The molecule has 2 N–H and O–H groups in total. The lowest BCUT2D eigenvalue weighted by Gasteiger charge is -2.42. The number of nitrogens with zero attached hydrogens (tertiary/aromatic N) is 1. The summed E-state index contributed by atoms with van der Waals surface area (Å²) in [4.78, 5) is 13.3. The Hall–Kier alpha value is -3.79. The van der Waals surface area contributed by atoms with Crippen LogP contribution in [0.15, 0.2) is 78.9 Å². The van der Waals surface area contributed by atoms with Crippen molar-refractivity contribution in [1.29, 1.82) is 0 Å². The van der Waals surface area contributed by atoms with Gasteiger partial charge < -0.3 is 5.32 Å². The zero-order chi connectivity index (χ0) is 23.0. The van der Waals surface area contributed by atoms with Gasteiger partial charge in [0.1, 0.15) is 5.66 Å². The molecule has 0 aliphatic carbocycles. The van der Waals surface area contributed by atoms with Gasteiger partial charge in [0, 0.05) is 11.3 Å². The second-order valence-electron chi connectivity index (χ2n) is 9.65. The Balaban J connectivity index is 1.62. The van der Waals surface area contributed by atoms with Gasteiger partial charge in [-0.1, -0.05) is 54.6 Å². The lowest BCUT2D eigenvalue weighted by molar-refractivity contribution is 0.0936. The molecule has 0 saturated heterocycles. The third-order valence-electron chi connectivity index (χ3n) is 7.68. The maximum absolute atomic E-state index is 13.3. The van der Waals surface area contributed by atoms with Crippen molar-refractivity contribution in [3.63, 3.8) is 0 Å². The number of anilines is 2. The normalized spacial score (nSPS) is 22.5. The van der Waals surface area contributed by atoms with E-state index in [1.165, 1.54) is 33.0 Å². The van der Waals surface area contributed by atoms with Crippen LogP contribution in [0.4, 0.5) is 11.4 Å². The minimum atomic E-state index is -0.579. The summed E-state index contributed by atoms with van der Waals surface area (Å²) in [6.07, 6.45) is 0. The number of hydrogen-bond acceptors (Lipinski definition) is 3.